The molecule has 7 heteroatoms. The number of carboxylic acids is 1. The van der Waals surface area contributed by atoms with Crippen molar-refractivity contribution in [3.63, 3.8) is 0 Å². The number of sulfonamides is 1. The van der Waals surface area contributed by atoms with E-state index >= 15 is 0 Å². The summed E-state index contributed by atoms with van der Waals surface area (Å²) in [7, 11) is -3.99. The second-order valence-corrected chi connectivity index (χ2v) is 5.80. The number of hydrogen-bond donors (Lipinski definition) is 1. The zero-order valence-corrected chi connectivity index (χ0v) is 11.2. The third-order valence-corrected chi connectivity index (χ3v) is 4.04. The highest BCUT2D eigenvalue weighted by molar-refractivity contribution is 7.89. The van der Waals surface area contributed by atoms with Crippen LogP contribution in [0.2, 0.25) is 0 Å². The van der Waals surface area contributed by atoms with Gasteiger partial charge in [-0.2, -0.15) is 0 Å². The zero-order chi connectivity index (χ0) is 14.5. The van der Waals surface area contributed by atoms with E-state index < -0.39 is 27.9 Å². The molecule has 0 bridgehead atoms. The fourth-order valence-electron chi connectivity index (χ4n) is 1.50. The number of aliphatic carboxylic acids is 1. The summed E-state index contributed by atoms with van der Waals surface area (Å²) in [6, 6.07) is 2.85. The summed E-state index contributed by atoms with van der Waals surface area (Å²) in [6.07, 6.45) is 1.45. The number of carbonyl (C=O) groups is 1. The molecule has 0 radical (unpaired) electrons. The second kappa shape index (κ2) is 6.63. The van der Waals surface area contributed by atoms with Crippen molar-refractivity contribution in [3.8, 4) is 0 Å². The molecular weight excluding hydrogens is 273 g/mol. The number of halogens is 1. The molecule has 106 valence electrons. The molecule has 5 nitrogen and oxygen atoms in total. The highest BCUT2D eigenvalue weighted by atomic mass is 32.2. The summed E-state index contributed by atoms with van der Waals surface area (Å²) >= 11 is 0. The molecule has 1 atom stereocenters. The van der Waals surface area contributed by atoms with Gasteiger partial charge in [-0.1, -0.05) is 19.8 Å². The second-order valence-electron chi connectivity index (χ2n) is 4.09. The first-order chi connectivity index (χ1) is 8.86. The van der Waals surface area contributed by atoms with Crippen LogP contribution in [0.4, 0.5) is 4.39 Å². The third-order valence-electron chi connectivity index (χ3n) is 2.55. The van der Waals surface area contributed by atoms with Crippen LogP contribution in [0, 0.1) is 5.82 Å². The average molecular weight is 288 g/mol. The Morgan fingerprint density at radius 3 is 2.42 bits per heavy atom. The molecule has 1 rings (SSSR count). The summed E-state index contributed by atoms with van der Waals surface area (Å²) < 4.78 is 38.6. The molecule has 1 aromatic rings. The summed E-state index contributed by atoms with van der Waals surface area (Å²) in [4.78, 5) is 10.7. The van der Waals surface area contributed by atoms with Gasteiger partial charge >= 0.3 is 0 Å². The van der Waals surface area contributed by atoms with Gasteiger partial charge in [0.1, 0.15) is 5.82 Å². The molecule has 1 aromatic carbocycles. The van der Waals surface area contributed by atoms with Crippen LogP contribution >= 0.6 is 0 Å². The Hall–Kier alpha value is -1.47. The SMILES string of the molecule is CCCC[C@H](NS(=O)(=O)c1ccc(F)cc1)C(=O)[O-]. The molecule has 0 amide bonds. The number of carbonyl (C=O) groups excluding carboxylic acids is 1. The molecule has 19 heavy (non-hydrogen) atoms. The van der Waals surface area contributed by atoms with Gasteiger partial charge < -0.3 is 9.90 Å². The maximum absolute atomic E-state index is 12.7. The fraction of sp³-hybridized carbons (Fsp3) is 0.417. The van der Waals surface area contributed by atoms with Gasteiger partial charge in [-0.05, 0) is 30.7 Å². The third kappa shape index (κ3) is 4.60. The number of benzene rings is 1. The molecule has 0 spiro atoms. The largest absolute Gasteiger partial charge is 0.548 e. The van der Waals surface area contributed by atoms with Crippen molar-refractivity contribution in [3.05, 3.63) is 30.1 Å². The van der Waals surface area contributed by atoms with Crippen LogP contribution in [0.3, 0.4) is 0 Å². The van der Waals surface area contributed by atoms with E-state index in [4.69, 9.17) is 0 Å². The van der Waals surface area contributed by atoms with E-state index in [9.17, 15) is 22.7 Å². The van der Waals surface area contributed by atoms with Crippen molar-refractivity contribution in [1.29, 1.82) is 0 Å². The molecule has 0 aliphatic carbocycles. The van der Waals surface area contributed by atoms with E-state index in [0.29, 0.717) is 6.42 Å². The van der Waals surface area contributed by atoms with Crippen LogP contribution in [0.15, 0.2) is 29.2 Å². The van der Waals surface area contributed by atoms with Crippen molar-refractivity contribution >= 4 is 16.0 Å². The molecule has 0 aromatic heterocycles. The molecule has 0 unspecified atom stereocenters. The lowest BCUT2D eigenvalue weighted by molar-refractivity contribution is -0.308. The predicted octanol–water partition coefficient (Wildman–Crippen LogP) is 0.413. The Labute approximate surface area is 111 Å². The van der Waals surface area contributed by atoms with Crippen LogP contribution in [0.5, 0.6) is 0 Å². The molecule has 1 N–H and O–H groups in total. The van der Waals surface area contributed by atoms with E-state index in [1.807, 2.05) is 6.92 Å². The summed E-state index contributed by atoms with van der Waals surface area (Å²) in [5.41, 5.74) is 0. The number of unbranched alkanes of at least 4 members (excludes halogenated alkanes) is 1. The van der Waals surface area contributed by atoms with Gasteiger partial charge in [0.15, 0.2) is 0 Å². The zero-order valence-electron chi connectivity index (χ0n) is 10.4. The van der Waals surface area contributed by atoms with Crippen LogP contribution < -0.4 is 9.83 Å². The lowest BCUT2D eigenvalue weighted by atomic mass is 10.1. The lowest BCUT2D eigenvalue weighted by Crippen LogP contribution is -2.47. The minimum Gasteiger partial charge on any atom is -0.548 e. The molecule has 0 saturated heterocycles. The van der Waals surface area contributed by atoms with Gasteiger partial charge in [-0.3, -0.25) is 0 Å². The van der Waals surface area contributed by atoms with Crippen molar-refractivity contribution in [2.45, 2.75) is 37.1 Å². The minimum atomic E-state index is -3.99. The molecule has 0 saturated carbocycles. The predicted molar refractivity (Wildman–Crippen MR) is 65.0 cm³/mol. The molecule has 0 heterocycles. The van der Waals surface area contributed by atoms with Gasteiger partial charge in [0.05, 0.1) is 16.9 Å². The first-order valence-corrected chi connectivity index (χ1v) is 7.34. The van der Waals surface area contributed by atoms with Gasteiger partial charge in [0.2, 0.25) is 10.0 Å². The first kappa shape index (κ1) is 15.6. The van der Waals surface area contributed by atoms with Crippen LogP contribution in [0.1, 0.15) is 26.2 Å². The van der Waals surface area contributed by atoms with E-state index in [1.165, 1.54) is 0 Å². The van der Waals surface area contributed by atoms with Gasteiger partial charge in [-0.15, -0.1) is 0 Å². The maximum atomic E-state index is 12.7. The van der Waals surface area contributed by atoms with Crippen molar-refractivity contribution in [2.75, 3.05) is 0 Å². The van der Waals surface area contributed by atoms with Gasteiger partial charge in [0.25, 0.3) is 0 Å². The number of rotatable bonds is 7. The monoisotopic (exact) mass is 288 g/mol. The Morgan fingerprint density at radius 1 is 1.37 bits per heavy atom. The summed E-state index contributed by atoms with van der Waals surface area (Å²) in [5.74, 6) is -2.04. The Balaban J connectivity index is 2.87. The van der Waals surface area contributed by atoms with Crippen molar-refractivity contribution in [2.24, 2.45) is 0 Å². The fourth-order valence-corrected chi connectivity index (χ4v) is 2.72. The quantitative estimate of drug-likeness (QED) is 0.787. The van der Waals surface area contributed by atoms with Crippen molar-refractivity contribution < 1.29 is 22.7 Å². The Kier molecular flexibility index (Phi) is 5.44. The Morgan fingerprint density at radius 2 is 1.95 bits per heavy atom. The topological polar surface area (TPSA) is 86.3 Å². The average Bonchev–Trinajstić information content (AvgIpc) is 2.34. The van der Waals surface area contributed by atoms with E-state index in [1.54, 1.807) is 0 Å². The molecule has 0 aliphatic rings. The van der Waals surface area contributed by atoms with E-state index in [0.717, 1.165) is 30.7 Å². The number of hydrogen-bond acceptors (Lipinski definition) is 4. The highest BCUT2D eigenvalue weighted by Gasteiger charge is 2.20. The smallest absolute Gasteiger partial charge is 0.241 e. The highest BCUT2D eigenvalue weighted by Crippen LogP contribution is 2.11. The van der Waals surface area contributed by atoms with E-state index in [-0.39, 0.29) is 11.3 Å². The minimum absolute atomic E-state index is 0.152. The molecule has 0 aliphatic heterocycles. The lowest BCUT2D eigenvalue weighted by Gasteiger charge is -2.19. The number of carboxylic acid groups (broad SMARTS) is 1. The van der Waals surface area contributed by atoms with Crippen molar-refractivity contribution in [1.82, 2.24) is 4.72 Å². The summed E-state index contributed by atoms with van der Waals surface area (Å²) in [6.45, 7) is 1.86. The van der Waals surface area contributed by atoms with Gasteiger partial charge in [-0.25, -0.2) is 17.5 Å². The van der Waals surface area contributed by atoms with Gasteiger partial charge in [0, 0.05) is 0 Å². The standard InChI is InChI=1S/C12H16FNO4S/c1-2-3-4-11(12(15)16)14-19(17,18)10-7-5-9(13)6-8-10/h5-8,11,14H,2-4H2,1H3,(H,15,16)/p-1/t11-/m0/s1. The van der Waals surface area contributed by atoms with Crippen LogP contribution in [-0.2, 0) is 14.8 Å². The number of nitrogens with one attached hydrogen (secondary N) is 1. The Bertz CT molecular complexity index is 527. The maximum Gasteiger partial charge on any atom is 0.241 e. The molecule has 0 fully saturated rings. The van der Waals surface area contributed by atoms with Crippen LogP contribution in [0.25, 0.3) is 0 Å². The first-order valence-electron chi connectivity index (χ1n) is 5.85. The summed E-state index contributed by atoms with van der Waals surface area (Å²) in [5, 5.41) is 10.9. The van der Waals surface area contributed by atoms with E-state index in [2.05, 4.69) is 4.72 Å². The molecular formula is C12H15FNO4S-. The van der Waals surface area contributed by atoms with Crippen LogP contribution in [-0.4, -0.2) is 20.4 Å². The normalized spacial score (nSPS) is 13.2.